The Morgan fingerprint density at radius 3 is 2.35 bits per heavy atom. The Balaban J connectivity index is 1.22. The number of hydrogen-bond donors (Lipinski definition) is 0. The molecule has 1 aliphatic heterocycles. The molecule has 7 rings (SSSR count). The number of para-hydroxylation sites is 1. The fourth-order valence-corrected chi connectivity index (χ4v) is 9.42. The number of methoxy groups -OCH3 is 1. The van der Waals surface area contributed by atoms with Crippen molar-refractivity contribution in [3.63, 3.8) is 0 Å². The number of hydrogen-bond acceptors (Lipinski definition) is 6. The number of sulfonamides is 1. The molecular formula is C29H33NO6S. The van der Waals surface area contributed by atoms with Crippen molar-refractivity contribution in [3.8, 4) is 5.75 Å². The van der Waals surface area contributed by atoms with Crippen molar-refractivity contribution in [2.45, 2.75) is 56.3 Å². The molecule has 196 valence electrons. The number of Topliss-reactive ketones (excluding diaryl/α,β-unsaturated/α-hetero) is 1. The molecule has 0 unspecified atom stereocenters. The summed E-state index contributed by atoms with van der Waals surface area (Å²) in [6.07, 6.45) is 7.95. The lowest BCUT2D eigenvalue weighted by Crippen LogP contribution is -2.51. The summed E-state index contributed by atoms with van der Waals surface area (Å²) in [5.74, 6) is 1.35. The molecule has 0 amide bonds. The highest BCUT2D eigenvalue weighted by Crippen LogP contribution is 2.60. The number of nitrogens with zero attached hydrogens (tertiary/aromatic N) is 1. The third-order valence-corrected chi connectivity index (χ3v) is 10.8. The monoisotopic (exact) mass is 523 g/mol. The molecule has 2 aromatic carbocycles. The lowest BCUT2D eigenvalue weighted by Gasteiger charge is -2.55. The molecule has 4 saturated carbocycles. The van der Waals surface area contributed by atoms with Gasteiger partial charge in [-0.15, -0.1) is 0 Å². The predicted octanol–water partition coefficient (Wildman–Crippen LogP) is 4.78. The van der Waals surface area contributed by atoms with Gasteiger partial charge in [0.1, 0.15) is 10.6 Å². The van der Waals surface area contributed by atoms with Gasteiger partial charge in [0.05, 0.1) is 18.4 Å². The Morgan fingerprint density at radius 2 is 1.68 bits per heavy atom. The van der Waals surface area contributed by atoms with Gasteiger partial charge in [-0.3, -0.25) is 9.10 Å². The van der Waals surface area contributed by atoms with Crippen LogP contribution in [0.3, 0.4) is 0 Å². The topological polar surface area (TPSA) is 90.0 Å². The van der Waals surface area contributed by atoms with Crippen molar-refractivity contribution < 1.29 is 27.5 Å². The number of aryl methyl sites for hydroxylation is 1. The van der Waals surface area contributed by atoms with Crippen LogP contribution in [0.2, 0.25) is 0 Å². The highest BCUT2D eigenvalue weighted by molar-refractivity contribution is 7.93. The average molecular weight is 524 g/mol. The first-order valence-corrected chi connectivity index (χ1v) is 14.7. The number of ether oxygens (including phenoxy) is 2. The number of rotatable bonds is 7. The van der Waals surface area contributed by atoms with Gasteiger partial charge in [-0.05, 0) is 98.9 Å². The minimum Gasteiger partial charge on any atom is -0.495 e. The molecule has 4 bridgehead atoms. The Hall–Kier alpha value is -2.87. The summed E-state index contributed by atoms with van der Waals surface area (Å²) >= 11 is 0. The van der Waals surface area contributed by atoms with Gasteiger partial charge in [0.25, 0.3) is 10.0 Å². The van der Waals surface area contributed by atoms with Crippen LogP contribution in [0.5, 0.6) is 5.75 Å². The summed E-state index contributed by atoms with van der Waals surface area (Å²) in [5, 5.41) is 0. The van der Waals surface area contributed by atoms with E-state index in [1.54, 1.807) is 6.07 Å². The smallest absolute Gasteiger partial charge is 0.338 e. The molecule has 0 radical (unpaired) electrons. The highest BCUT2D eigenvalue weighted by Gasteiger charge is 2.54. The molecule has 0 atom stereocenters. The van der Waals surface area contributed by atoms with E-state index in [1.165, 1.54) is 48.9 Å². The summed E-state index contributed by atoms with van der Waals surface area (Å²) in [4.78, 5) is 26.2. The summed E-state index contributed by atoms with van der Waals surface area (Å²) in [5.41, 5.74) is 1.36. The van der Waals surface area contributed by atoms with E-state index in [9.17, 15) is 18.0 Å². The van der Waals surface area contributed by atoms with Gasteiger partial charge in [0, 0.05) is 12.0 Å². The third-order valence-electron chi connectivity index (χ3n) is 9.00. The molecule has 7 nitrogen and oxygen atoms in total. The standard InChI is InChI=1S/C29H33NO6S/c1-35-25-9-8-23(14-26(25)37(33,34)30-10-4-6-22-5-2-3-7-24(22)30)28(32)36-18-27(31)29-15-19-11-20(16-29)13-21(12-19)17-29/h2-3,5,7-9,14,19-21H,4,6,10-13,15-18H2,1H3. The van der Waals surface area contributed by atoms with E-state index in [0.29, 0.717) is 36.4 Å². The van der Waals surface area contributed by atoms with E-state index in [2.05, 4.69) is 0 Å². The molecule has 37 heavy (non-hydrogen) atoms. The van der Waals surface area contributed by atoms with Crippen LogP contribution in [-0.4, -0.2) is 40.4 Å². The molecule has 0 saturated heterocycles. The first-order chi connectivity index (χ1) is 17.8. The second-order valence-corrected chi connectivity index (χ2v) is 13.2. The average Bonchev–Trinajstić information content (AvgIpc) is 2.90. The zero-order chi connectivity index (χ0) is 25.8. The molecule has 4 fully saturated rings. The quantitative estimate of drug-likeness (QED) is 0.485. The molecule has 8 heteroatoms. The Labute approximate surface area is 218 Å². The van der Waals surface area contributed by atoms with E-state index >= 15 is 0 Å². The van der Waals surface area contributed by atoms with Crippen LogP contribution >= 0.6 is 0 Å². The summed E-state index contributed by atoms with van der Waals surface area (Å²) in [7, 11) is -2.60. The third kappa shape index (κ3) is 4.23. The van der Waals surface area contributed by atoms with Crippen LogP contribution in [0.25, 0.3) is 0 Å². The van der Waals surface area contributed by atoms with Crippen molar-refractivity contribution in [2.75, 3.05) is 24.6 Å². The van der Waals surface area contributed by atoms with Crippen LogP contribution in [0.4, 0.5) is 5.69 Å². The van der Waals surface area contributed by atoms with Gasteiger partial charge >= 0.3 is 5.97 Å². The zero-order valence-electron chi connectivity index (χ0n) is 21.1. The van der Waals surface area contributed by atoms with Crippen LogP contribution in [-0.2, 0) is 26.0 Å². The molecule has 5 aliphatic rings. The first kappa shape index (κ1) is 24.5. The Morgan fingerprint density at radius 1 is 1.00 bits per heavy atom. The number of carbonyl (C=O) groups excluding carboxylic acids is 2. The van der Waals surface area contributed by atoms with E-state index in [-0.39, 0.29) is 34.0 Å². The van der Waals surface area contributed by atoms with Crippen LogP contribution < -0.4 is 9.04 Å². The molecule has 0 N–H and O–H groups in total. The van der Waals surface area contributed by atoms with Crippen molar-refractivity contribution in [1.29, 1.82) is 0 Å². The van der Waals surface area contributed by atoms with E-state index in [0.717, 1.165) is 31.2 Å². The van der Waals surface area contributed by atoms with Crippen molar-refractivity contribution in [1.82, 2.24) is 0 Å². The van der Waals surface area contributed by atoms with Gasteiger partial charge in [-0.2, -0.15) is 0 Å². The largest absolute Gasteiger partial charge is 0.495 e. The molecule has 1 heterocycles. The maximum atomic E-state index is 13.8. The first-order valence-electron chi connectivity index (χ1n) is 13.3. The summed E-state index contributed by atoms with van der Waals surface area (Å²) < 4.78 is 39.8. The Bertz CT molecular complexity index is 1310. The van der Waals surface area contributed by atoms with Crippen LogP contribution in [0, 0.1) is 23.2 Å². The predicted molar refractivity (Wildman–Crippen MR) is 138 cm³/mol. The number of anilines is 1. The van der Waals surface area contributed by atoms with Gasteiger partial charge < -0.3 is 9.47 Å². The lowest BCUT2D eigenvalue weighted by atomic mass is 9.48. The fraction of sp³-hybridized carbons (Fsp3) is 0.517. The minimum absolute atomic E-state index is 0.0197. The van der Waals surface area contributed by atoms with Crippen molar-refractivity contribution >= 4 is 27.5 Å². The van der Waals surface area contributed by atoms with Gasteiger partial charge in [-0.1, -0.05) is 18.2 Å². The van der Waals surface area contributed by atoms with Crippen molar-refractivity contribution in [3.05, 3.63) is 53.6 Å². The lowest BCUT2D eigenvalue weighted by molar-refractivity contribution is -0.147. The maximum Gasteiger partial charge on any atom is 0.338 e. The number of carbonyl (C=O) groups is 2. The van der Waals surface area contributed by atoms with Crippen molar-refractivity contribution in [2.24, 2.45) is 23.2 Å². The normalized spacial score (nSPS) is 28.0. The SMILES string of the molecule is COc1ccc(C(=O)OCC(=O)C23CC4CC(CC(C4)C2)C3)cc1S(=O)(=O)N1CCCc2ccccc21. The van der Waals surface area contributed by atoms with Crippen LogP contribution in [0.1, 0.15) is 60.9 Å². The molecular weight excluding hydrogens is 490 g/mol. The highest BCUT2D eigenvalue weighted by atomic mass is 32.2. The maximum absolute atomic E-state index is 13.8. The second kappa shape index (κ2) is 9.15. The molecule has 0 spiro atoms. The van der Waals surface area contributed by atoms with Gasteiger partial charge in [0.15, 0.2) is 12.4 Å². The Kier molecular flexibility index (Phi) is 6.05. The second-order valence-electron chi connectivity index (χ2n) is 11.4. The fourth-order valence-electron chi connectivity index (χ4n) is 7.69. The van der Waals surface area contributed by atoms with E-state index < -0.39 is 16.0 Å². The summed E-state index contributed by atoms with van der Waals surface area (Å²) in [6.45, 7) is 0.0787. The number of fused-ring (bicyclic) bond motifs is 1. The number of esters is 1. The van der Waals surface area contributed by atoms with E-state index in [4.69, 9.17) is 9.47 Å². The van der Waals surface area contributed by atoms with Crippen LogP contribution in [0.15, 0.2) is 47.4 Å². The minimum atomic E-state index is -4.00. The van der Waals surface area contributed by atoms with Gasteiger partial charge in [0.2, 0.25) is 0 Å². The number of benzene rings is 2. The van der Waals surface area contributed by atoms with Gasteiger partial charge in [-0.25, -0.2) is 13.2 Å². The number of ketones is 1. The molecule has 2 aromatic rings. The van der Waals surface area contributed by atoms with E-state index in [1.807, 2.05) is 18.2 Å². The molecule has 4 aliphatic carbocycles. The zero-order valence-corrected chi connectivity index (χ0v) is 22.0. The molecule has 0 aromatic heterocycles. The summed E-state index contributed by atoms with van der Waals surface area (Å²) in [6, 6.07) is 11.7.